The number of benzene rings is 1. The molecule has 9 heteroatoms. The van der Waals surface area contributed by atoms with Crippen LogP contribution in [0.25, 0.3) is 6.08 Å². The zero-order chi connectivity index (χ0) is 25.3. The lowest BCUT2D eigenvalue weighted by atomic mass is 10.1. The van der Waals surface area contributed by atoms with Gasteiger partial charge in [-0.15, -0.1) is 0 Å². The minimum atomic E-state index is -0.910. The van der Waals surface area contributed by atoms with E-state index < -0.39 is 24.4 Å². The maximum atomic E-state index is 12.3. The smallest absolute Gasteiger partial charge is 0.349 e. The lowest BCUT2D eigenvalue weighted by Crippen LogP contribution is -2.35. The van der Waals surface area contributed by atoms with E-state index in [9.17, 15) is 19.6 Å². The number of carbonyl (C=O) groups excluding carboxylic acids is 3. The van der Waals surface area contributed by atoms with Gasteiger partial charge in [0.2, 0.25) is 5.91 Å². The number of hydrogen-bond acceptors (Lipinski definition) is 6. The lowest BCUT2D eigenvalue weighted by molar-refractivity contribution is -0.144. The molecule has 1 aromatic heterocycles. The first-order valence-corrected chi connectivity index (χ1v) is 10.9. The Labute approximate surface area is 199 Å². The molecule has 1 aromatic carbocycles. The Morgan fingerprint density at radius 3 is 2.53 bits per heavy atom. The fourth-order valence-corrected chi connectivity index (χ4v) is 3.39. The molecule has 2 N–H and O–H groups in total. The Bertz CT molecular complexity index is 1140. The van der Waals surface area contributed by atoms with Crippen LogP contribution in [0, 0.1) is 32.1 Å². The Balaban J connectivity index is 1.90. The van der Waals surface area contributed by atoms with Crippen LogP contribution in [-0.4, -0.2) is 42.6 Å². The number of methoxy groups -OCH3 is 1. The van der Waals surface area contributed by atoms with Gasteiger partial charge in [-0.3, -0.25) is 9.59 Å². The van der Waals surface area contributed by atoms with Crippen LogP contribution >= 0.6 is 0 Å². The maximum absolute atomic E-state index is 12.3. The predicted molar refractivity (Wildman–Crippen MR) is 128 cm³/mol. The Morgan fingerprint density at radius 2 is 1.88 bits per heavy atom. The molecule has 34 heavy (non-hydrogen) atoms. The normalized spacial score (nSPS) is 10.9. The number of rotatable bonds is 10. The van der Waals surface area contributed by atoms with Crippen LogP contribution in [0.3, 0.4) is 0 Å². The molecule has 0 saturated carbocycles. The summed E-state index contributed by atoms with van der Waals surface area (Å²) in [5.74, 6) is -1.56. The van der Waals surface area contributed by atoms with Crippen LogP contribution in [0.15, 0.2) is 29.8 Å². The van der Waals surface area contributed by atoms with Crippen LogP contribution in [0.4, 0.5) is 5.69 Å². The van der Waals surface area contributed by atoms with Gasteiger partial charge in [0, 0.05) is 17.9 Å². The molecule has 1 heterocycles. The van der Waals surface area contributed by atoms with Crippen molar-refractivity contribution in [1.82, 2.24) is 9.88 Å². The third-order valence-corrected chi connectivity index (χ3v) is 5.11. The van der Waals surface area contributed by atoms with E-state index in [1.807, 2.05) is 39.0 Å². The number of hydrogen-bond donors (Lipinski definition) is 2. The van der Waals surface area contributed by atoms with Crippen molar-refractivity contribution in [3.05, 3.63) is 52.4 Å². The summed E-state index contributed by atoms with van der Waals surface area (Å²) in [4.78, 5) is 36.5. The summed E-state index contributed by atoms with van der Waals surface area (Å²) in [6, 6.07) is 9.04. The number of amides is 2. The molecular formula is C25H30N4O5. The van der Waals surface area contributed by atoms with Crippen LogP contribution in [0.5, 0.6) is 5.75 Å². The molecule has 2 amide bonds. The summed E-state index contributed by atoms with van der Waals surface area (Å²) in [6.07, 6.45) is 2.41. The highest BCUT2D eigenvalue weighted by Gasteiger charge is 2.16. The number of nitriles is 1. The summed E-state index contributed by atoms with van der Waals surface area (Å²) >= 11 is 0. The summed E-state index contributed by atoms with van der Waals surface area (Å²) < 4.78 is 12.3. The Morgan fingerprint density at radius 1 is 1.15 bits per heavy atom. The van der Waals surface area contributed by atoms with Crippen molar-refractivity contribution in [2.45, 2.75) is 40.7 Å². The quantitative estimate of drug-likeness (QED) is 0.315. The molecule has 0 aliphatic heterocycles. The topological polar surface area (TPSA) is 122 Å². The second kappa shape index (κ2) is 12.3. The monoisotopic (exact) mass is 466 g/mol. The highest BCUT2D eigenvalue weighted by molar-refractivity contribution is 5.99. The van der Waals surface area contributed by atoms with Gasteiger partial charge >= 0.3 is 5.97 Å². The van der Waals surface area contributed by atoms with Crippen molar-refractivity contribution < 1.29 is 23.9 Å². The number of aromatic nitrogens is 1. The summed E-state index contributed by atoms with van der Waals surface area (Å²) in [5, 5.41) is 14.4. The van der Waals surface area contributed by atoms with E-state index >= 15 is 0 Å². The standard InChI is InChI=1S/C25H30N4O5/c1-6-9-29-17(3)11-19(18(29)4)12-20(13-26)25(32)34-15-24(31)27-14-23(30)28-21-10-16(2)7-8-22(21)33-5/h7-8,10-12H,6,9,14-15H2,1-5H3,(H,27,31)(H,28,30)/b20-12+. The minimum absolute atomic E-state index is 0.214. The van der Waals surface area contributed by atoms with Crippen molar-refractivity contribution in [2.75, 3.05) is 25.6 Å². The highest BCUT2D eigenvalue weighted by atomic mass is 16.5. The van der Waals surface area contributed by atoms with E-state index in [1.165, 1.54) is 13.2 Å². The van der Waals surface area contributed by atoms with E-state index in [2.05, 4.69) is 22.1 Å². The van der Waals surface area contributed by atoms with Crippen molar-refractivity contribution >= 4 is 29.5 Å². The first-order chi connectivity index (χ1) is 16.2. The number of nitrogens with zero attached hydrogens (tertiary/aromatic N) is 2. The molecule has 0 unspecified atom stereocenters. The first kappa shape index (κ1) is 26.2. The molecule has 0 fully saturated rings. The average Bonchev–Trinajstić information content (AvgIpc) is 3.07. The molecule has 0 radical (unpaired) electrons. The van der Waals surface area contributed by atoms with Gasteiger partial charge in [-0.05, 0) is 62.6 Å². The number of esters is 1. The van der Waals surface area contributed by atoms with Crippen LogP contribution in [-0.2, 0) is 25.7 Å². The number of carbonyl (C=O) groups is 3. The SMILES string of the molecule is CCCn1c(C)cc(/C=C(\C#N)C(=O)OCC(=O)NCC(=O)Nc2cc(C)ccc2OC)c1C. The third-order valence-electron chi connectivity index (χ3n) is 5.11. The second-order valence-corrected chi connectivity index (χ2v) is 7.75. The van der Waals surface area contributed by atoms with E-state index in [0.29, 0.717) is 11.4 Å². The van der Waals surface area contributed by atoms with Gasteiger partial charge < -0.3 is 24.7 Å². The molecular weight excluding hydrogens is 436 g/mol. The summed E-state index contributed by atoms with van der Waals surface area (Å²) in [7, 11) is 1.49. The van der Waals surface area contributed by atoms with Gasteiger partial charge in [0.1, 0.15) is 17.4 Å². The van der Waals surface area contributed by atoms with Gasteiger partial charge in [0.05, 0.1) is 19.3 Å². The predicted octanol–water partition coefficient (Wildman–Crippen LogP) is 3.04. The van der Waals surface area contributed by atoms with E-state index in [4.69, 9.17) is 9.47 Å². The van der Waals surface area contributed by atoms with Crippen molar-refractivity contribution in [3.8, 4) is 11.8 Å². The maximum Gasteiger partial charge on any atom is 0.349 e. The number of ether oxygens (including phenoxy) is 2. The Hall–Kier alpha value is -4.06. The summed E-state index contributed by atoms with van der Waals surface area (Å²) in [5.41, 5.74) is 3.91. The Kier molecular flexibility index (Phi) is 9.44. The molecule has 2 aromatic rings. The van der Waals surface area contributed by atoms with Crippen molar-refractivity contribution in [2.24, 2.45) is 0 Å². The average molecular weight is 467 g/mol. The molecule has 0 atom stereocenters. The van der Waals surface area contributed by atoms with Gasteiger partial charge in [-0.25, -0.2) is 4.79 Å². The highest BCUT2D eigenvalue weighted by Crippen LogP contribution is 2.25. The van der Waals surface area contributed by atoms with Gasteiger partial charge in [0.25, 0.3) is 5.91 Å². The third kappa shape index (κ3) is 6.97. The van der Waals surface area contributed by atoms with E-state index in [0.717, 1.165) is 35.5 Å². The van der Waals surface area contributed by atoms with Gasteiger partial charge in [-0.1, -0.05) is 13.0 Å². The van der Waals surface area contributed by atoms with E-state index in [-0.39, 0.29) is 12.1 Å². The number of nitrogens with one attached hydrogen (secondary N) is 2. The van der Waals surface area contributed by atoms with Gasteiger partial charge in [0.15, 0.2) is 6.61 Å². The second-order valence-electron chi connectivity index (χ2n) is 7.75. The molecule has 0 bridgehead atoms. The summed E-state index contributed by atoms with van der Waals surface area (Å²) in [6.45, 7) is 7.71. The number of anilines is 1. The molecule has 0 spiro atoms. The van der Waals surface area contributed by atoms with Crippen LogP contribution in [0.2, 0.25) is 0 Å². The lowest BCUT2D eigenvalue weighted by Gasteiger charge is -2.11. The minimum Gasteiger partial charge on any atom is -0.495 e. The molecule has 9 nitrogen and oxygen atoms in total. The van der Waals surface area contributed by atoms with Crippen LogP contribution in [0.1, 0.15) is 35.9 Å². The first-order valence-electron chi connectivity index (χ1n) is 10.9. The molecule has 2 rings (SSSR count). The fourth-order valence-electron chi connectivity index (χ4n) is 3.39. The van der Waals surface area contributed by atoms with Crippen molar-refractivity contribution in [1.29, 1.82) is 5.26 Å². The fraction of sp³-hybridized carbons (Fsp3) is 0.360. The zero-order valence-corrected chi connectivity index (χ0v) is 20.2. The number of aryl methyl sites for hydroxylation is 2. The van der Waals surface area contributed by atoms with Crippen molar-refractivity contribution in [3.63, 3.8) is 0 Å². The largest absolute Gasteiger partial charge is 0.495 e. The molecule has 0 aliphatic rings. The molecule has 0 saturated heterocycles. The van der Waals surface area contributed by atoms with E-state index in [1.54, 1.807) is 12.1 Å². The molecule has 0 aliphatic carbocycles. The van der Waals surface area contributed by atoms with Crippen LogP contribution < -0.4 is 15.4 Å². The zero-order valence-electron chi connectivity index (χ0n) is 20.2. The molecule has 180 valence electrons. The van der Waals surface area contributed by atoms with Gasteiger partial charge in [-0.2, -0.15) is 5.26 Å².